The summed E-state index contributed by atoms with van der Waals surface area (Å²) < 4.78 is 16.7. The van der Waals surface area contributed by atoms with E-state index in [4.69, 9.17) is 14.2 Å². The summed E-state index contributed by atoms with van der Waals surface area (Å²) in [5.74, 6) is -1.02. The predicted molar refractivity (Wildman–Crippen MR) is 270 cm³/mol. The van der Waals surface area contributed by atoms with Crippen molar-refractivity contribution in [2.45, 2.75) is 245 Å². The highest BCUT2D eigenvalue weighted by Gasteiger charge is 2.19. The summed E-state index contributed by atoms with van der Waals surface area (Å²) in [6.45, 7) is 6.42. The SMILES string of the molecule is CC/C=C\C/C=C\C/C=C\C/C=C\C/C=C\CCC(=O)OCC(COC(=O)CCCCC/C=C\CCCCCCCC)OC(=O)CCCCCCC/C=C\CCCCCCCCC. The van der Waals surface area contributed by atoms with Crippen molar-refractivity contribution in [2.75, 3.05) is 13.2 Å². The predicted octanol–water partition coefficient (Wildman–Crippen LogP) is 17.2. The number of rotatable bonds is 46. The highest BCUT2D eigenvalue weighted by Crippen LogP contribution is 2.13. The van der Waals surface area contributed by atoms with Crippen molar-refractivity contribution in [1.82, 2.24) is 0 Å². The lowest BCUT2D eigenvalue weighted by Gasteiger charge is -2.18. The van der Waals surface area contributed by atoms with Gasteiger partial charge in [-0.05, 0) is 103 Å². The van der Waals surface area contributed by atoms with E-state index in [0.717, 1.165) is 96.3 Å². The Balaban J connectivity index is 4.52. The van der Waals surface area contributed by atoms with E-state index in [1.165, 1.54) is 96.3 Å². The van der Waals surface area contributed by atoms with Crippen molar-refractivity contribution in [2.24, 2.45) is 0 Å². The van der Waals surface area contributed by atoms with Crippen LogP contribution in [0.4, 0.5) is 0 Å². The van der Waals surface area contributed by atoms with Crippen LogP contribution in [0.15, 0.2) is 85.1 Å². The molecule has 0 aliphatic carbocycles. The number of hydrogen-bond donors (Lipinski definition) is 0. The third-order valence-corrected chi connectivity index (χ3v) is 10.9. The van der Waals surface area contributed by atoms with E-state index in [-0.39, 0.29) is 37.5 Å². The molecular formula is C57H96O6. The number of ether oxygens (including phenoxy) is 3. The molecule has 0 bridgehead atoms. The van der Waals surface area contributed by atoms with E-state index in [1.54, 1.807) is 0 Å². The zero-order chi connectivity index (χ0) is 45.8. The van der Waals surface area contributed by atoms with Crippen LogP contribution in [0.2, 0.25) is 0 Å². The molecule has 0 aromatic rings. The molecule has 0 saturated carbocycles. The molecule has 0 radical (unpaired) electrons. The maximum atomic E-state index is 12.8. The summed E-state index contributed by atoms with van der Waals surface area (Å²) in [5.41, 5.74) is 0. The zero-order valence-corrected chi connectivity index (χ0v) is 41.1. The van der Waals surface area contributed by atoms with Crippen LogP contribution >= 0.6 is 0 Å². The minimum absolute atomic E-state index is 0.111. The van der Waals surface area contributed by atoms with E-state index in [9.17, 15) is 14.4 Å². The lowest BCUT2D eigenvalue weighted by atomic mass is 10.1. The van der Waals surface area contributed by atoms with Crippen LogP contribution in [0, 0.1) is 0 Å². The van der Waals surface area contributed by atoms with Gasteiger partial charge in [0.05, 0.1) is 0 Å². The van der Waals surface area contributed by atoms with Gasteiger partial charge < -0.3 is 14.2 Å². The summed E-state index contributed by atoms with van der Waals surface area (Å²) in [6, 6.07) is 0. The van der Waals surface area contributed by atoms with E-state index < -0.39 is 6.10 Å². The minimum atomic E-state index is -0.816. The average molecular weight is 877 g/mol. The standard InChI is InChI=1S/C57H96O6/c1-4-7-10-13-16-19-22-25-27-29-32-35-38-41-44-47-50-56(59)62-53-54(52-61-55(58)49-46-43-40-37-34-31-24-21-18-15-12-9-6-3)63-57(60)51-48-45-42-39-36-33-30-28-26-23-20-17-14-11-8-5-2/h7,10,16,19,25,27-28,30-32,34-35,41,44,54H,4-6,8-9,11-15,17-18,20-24,26,29,33,36-40,42-43,45-53H2,1-3H3/b10-7-,19-16-,27-25-,30-28-,34-31-,35-32-,44-41-. The Labute approximate surface area is 388 Å². The van der Waals surface area contributed by atoms with Crippen LogP contribution in [0.25, 0.3) is 0 Å². The number of carbonyl (C=O) groups is 3. The Morgan fingerprint density at radius 1 is 0.333 bits per heavy atom. The van der Waals surface area contributed by atoms with Crippen LogP contribution in [0.3, 0.4) is 0 Å². The Kier molecular flexibility index (Phi) is 48.5. The molecule has 6 nitrogen and oxygen atoms in total. The highest BCUT2D eigenvalue weighted by molar-refractivity contribution is 5.71. The van der Waals surface area contributed by atoms with Gasteiger partial charge >= 0.3 is 17.9 Å². The highest BCUT2D eigenvalue weighted by atomic mass is 16.6. The average Bonchev–Trinajstić information content (AvgIpc) is 3.28. The molecule has 0 heterocycles. The molecule has 0 fully saturated rings. The fraction of sp³-hybridized carbons (Fsp3) is 0.702. The molecule has 0 aliphatic rings. The topological polar surface area (TPSA) is 78.9 Å². The van der Waals surface area contributed by atoms with Crippen LogP contribution in [0.5, 0.6) is 0 Å². The molecule has 0 aromatic carbocycles. The van der Waals surface area contributed by atoms with Gasteiger partial charge in [0.2, 0.25) is 0 Å². The zero-order valence-electron chi connectivity index (χ0n) is 41.1. The van der Waals surface area contributed by atoms with E-state index in [1.807, 2.05) is 12.2 Å². The third-order valence-electron chi connectivity index (χ3n) is 10.9. The molecule has 0 spiro atoms. The first-order valence-corrected chi connectivity index (χ1v) is 26.1. The van der Waals surface area contributed by atoms with Gasteiger partial charge in [-0.2, -0.15) is 0 Å². The molecule has 0 N–H and O–H groups in total. The quantitative estimate of drug-likeness (QED) is 0.0262. The molecule has 360 valence electrons. The first kappa shape index (κ1) is 59.6. The van der Waals surface area contributed by atoms with Gasteiger partial charge in [-0.1, -0.05) is 202 Å². The molecule has 0 aromatic heterocycles. The van der Waals surface area contributed by atoms with Crippen LogP contribution in [0.1, 0.15) is 239 Å². The maximum absolute atomic E-state index is 12.8. The summed E-state index contributed by atoms with van der Waals surface area (Å²) in [5, 5.41) is 0. The van der Waals surface area contributed by atoms with Gasteiger partial charge in [-0.15, -0.1) is 0 Å². The van der Waals surface area contributed by atoms with Gasteiger partial charge in [0.25, 0.3) is 0 Å². The molecule has 0 amide bonds. The second-order valence-electron chi connectivity index (χ2n) is 17.0. The first-order chi connectivity index (χ1) is 31.0. The monoisotopic (exact) mass is 877 g/mol. The van der Waals surface area contributed by atoms with Crippen LogP contribution in [-0.2, 0) is 28.6 Å². The molecule has 0 rings (SSSR count). The normalized spacial score (nSPS) is 12.7. The van der Waals surface area contributed by atoms with Crippen molar-refractivity contribution in [1.29, 1.82) is 0 Å². The maximum Gasteiger partial charge on any atom is 0.306 e. The van der Waals surface area contributed by atoms with Crippen LogP contribution in [-0.4, -0.2) is 37.2 Å². The molecule has 0 aliphatic heterocycles. The minimum Gasteiger partial charge on any atom is -0.462 e. The molecule has 63 heavy (non-hydrogen) atoms. The molecule has 0 saturated heterocycles. The molecule has 1 unspecified atom stereocenters. The van der Waals surface area contributed by atoms with Gasteiger partial charge in [0.1, 0.15) is 13.2 Å². The number of allylic oxidation sites excluding steroid dienone is 14. The van der Waals surface area contributed by atoms with Crippen molar-refractivity contribution >= 4 is 17.9 Å². The van der Waals surface area contributed by atoms with Gasteiger partial charge in [-0.3, -0.25) is 14.4 Å². The van der Waals surface area contributed by atoms with Crippen molar-refractivity contribution in [3.8, 4) is 0 Å². The number of esters is 3. The summed E-state index contributed by atoms with van der Waals surface area (Å²) in [6.07, 6.45) is 65.8. The first-order valence-electron chi connectivity index (χ1n) is 26.1. The lowest BCUT2D eigenvalue weighted by molar-refractivity contribution is -0.166. The van der Waals surface area contributed by atoms with Crippen molar-refractivity contribution < 1.29 is 28.6 Å². The fourth-order valence-corrected chi connectivity index (χ4v) is 6.95. The lowest BCUT2D eigenvalue weighted by Crippen LogP contribution is -2.30. The van der Waals surface area contributed by atoms with E-state index >= 15 is 0 Å². The molecule has 6 heteroatoms. The summed E-state index contributed by atoms with van der Waals surface area (Å²) >= 11 is 0. The van der Waals surface area contributed by atoms with Gasteiger partial charge in [0, 0.05) is 19.3 Å². The summed E-state index contributed by atoms with van der Waals surface area (Å²) in [7, 11) is 0. The van der Waals surface area contributed by atoms with Crippen molar-refractivity contribution in [3.63, 3.8) is 0 Å². The number of hydrogen-bond acceptors (Lipinski definition) is 6. The smallest absolute Gasteiger partial charge is 0.306 e. The largest absolute Gasteiger partial charge is 0.462 e. The van der Waals surface area contributed by atoms with Crippen LogP contribution < -0.4 is 0 Å². The Morgan fingerprint density at radius 3 is 1.08 bits per heavy atom. The van der Waals surface area contributed by atoms with Gasteiger partial charge in [-0.25, -0.2) is 0 Å². The number of unbranched alkanes of at least 4 members (excludes halogenated alkanes) is 21. The molecule has 1 atom stereocenters. The van der Waals surface area contributed by atoms with Crippen molar-refractivity contribution in [3.05, 3.63) is 85.1 Å². The molecular weight excluding hydrogens is 781 g/mol. The second kappa shape index (κ2) is 51.2. The van der Waals surface area contributed by atoms with Gasteiger partial charge in [0.15, 0.2) is 6.10 Å². The summed E-state index contributed by atoms with van der Waals surface area (Å²) in [4.78, 5) is 37.9. The third kappa shape index (κ3) is 49.5. The van der Waals surface area contributed by atoms with E-state index in [2.05, 4.69) is 93.7 Å². The Morgan fingerprint density at radius 2 is 0.651 bits per heavy atom. The fourth-order valence-electron chi connectivity index (χ4n) is 6.95. The van der Waals surface area contributed by atoms with E-state index in [0.29, 0.717) is 19.3 Å². The Bertz CT molecular complexity index is 1240. The number of carbonyl (C=O) groups excluding carboxylic acids is 3. The second-order valence-corrected chi connectivity index (χ2v) is 17.0. The Hall–Kier alpha value is -3.41.